The van der Waals surface area contributed by atoms with E-state index in [-0.39, 0.29) is 23.6 Å². The summed E-state index contributed by atoms with van der Waals surface area (Å²) in [4.78, 5) is 26.4. The van der Waals surface area contributed by atoms with Gasteiger partial charge >= 0.3 is 0 Å². The van der Waals surface area contributed by atoms with Crippen molar-refractivity contribution in [3.63, 3.8) is 0 Å². The molecule has 0 radical (unpaired) electrons. The highest BCUT2D eigenvalue weighted by atomic mass is 16.3. The molecule has 0 aromatic carbocycles. The van der Waals surface area contributed by atoms with Crippen molar-refractivity contribution in [2.45, 2.75) is 38.8 Å². The third-order valence-electron chi connectivity index (χ3n) is 3.69. The van der Waals surface area contributed by atoms with Gasteiger partial charge in [-0.05, 0) is 38.4 Å². The van der Waals surface area contributed by atoms with Crippen molar-refractivity contribution in [3.05, 3.63) is 24.2 Å². The first-order chi connectivity index (χ1) is 10.1. The molecule has 116 valence electrons. The lowest BCUT2D eigenvalue weighted by Crippen LogP contribution is -2.51. The molecule has 2 amide bonds. The van der Waals surface area contributed by atoms with Crippen molar-refractivity contribution in [1.82, 2.24) is 15.5 Å². The van der Waals surface area contributed by atoms with E-state index in [9.17, 15) is 9.59 Å². The Labute approximate surface area is 124 Å². The first-order valence-electron chi connectivity index (χ1n) is 7.49. The lowest BCUT2D eigenvalue weighted by Gasteiger charge is -2.30. The quantitative estimate of drug-likeness (QED) is 0.820. The highest BCUT2D eigenvalue weighted by Crippen LogP contribution is 2.11. The van der Waals surface area contributed by atoms with Crippen molar-refractivity contribution in [1.29, 1.82) is 0 Å². The number of furan rings is 1. The van der Waals surface area contributed by atoms with Gasteiger partial charge in [0, 0.05) is 19.1 Å². The SMILES string of the molecule is CCCN(C(=O)C(C)NC(=O)c1ccco1)C1CCNC1. The molecule has 0 aliphatic carbocycles. The molecular weight excluding hydrogens is 270 g/mol. The van der Waals surface area contributed by atoms with Gasteiger partial charge in [-0.1, -0.05) is 6.92 Å². The molecule has 2 N–H and O–H groups in total. The van der Waals surface area contributed by atoms with Crippen LogP contribution >= 0.6 is 0 Å². The summed E-state index contributed by atoms with van der Waals surface area (Å²) in [5.74, 6) is -0.175. The first-order valence-corrected chi connectivity index (χ1v) is 7.49. The van der Waals surface area contributed by atoms with E-state index in [1.165, 1.54) is 6.26 Å². The molecule has 2 rings (SSSR count). The first kappa shape index (κ1) is 15.6. The third-order valence-corrected chi connectivity index (χ3v) is 3.69. The van der Waals surface area contributed by atoms with Crippen LogP contribution in [0.1, 0.15) is 37.2 Å². The van der Waals surface area contributed by atoms with Crippen molar-refractivity contribution in [2.75, 3.05) is 19.6 Å². The van der Waals surface area contributed by atoms with Crippen molar-refractivity contribution >= 4 is 11.8 Å². The van der Waals surface area contributed by atoms with Crippen LogP contribution in [0.2, 0.25) is 0 Å². The van der Waals surface area contributed by atoms with Gasteiger partial charge in [-0.25, -0.2) is 0 Å². The average molecular weight is 293 g/mol. The van der Waals surface area contributed by atoms with Crippen LogP contribution in [0.5, 0.6) is 0 Å². The Kier molecular flexibility index (Phi) is 5.38. The van der Waals surface area contributed by atoms with E-state index in [1.807, 2.05) is 4.90 Å². The van der Waals surface area contributed by atoms with Gasteiger partial charge in [0.05, 0.1) is 6.26 Å². The zero-order valence-electron chi connectivity index (χ0n) is 12.6. The number of hydrogen-bond acceptors (Lipinski definition) is 4. The standard InChI is InChI=1S/C15H23N3O3/c1-3-8-18(12-6-7-16-10-12)15(20)11(2)17-14(19)13-5-4-9-21-13/h4-5,9,11-12,16H,3,6-8,10H2,1-2H3,(H,17,19). The predicted octanol–water partition coefficient (Wildman–Crippen LogP) is 0.998. The number of nitrogens with one attached hydrogen (secondary N) is 2. The van der Waals surface area contributed by atoms with Crippen LogP contribution in [0, 0.1) is 0 Å². The van der Waals surface area contributed by atoms with Crippen LogP contribution < -0.4 is 10.6 Å². The molecular formula is C15H23N3O3. The molecule has 1 aromatic heterocycles. The van der Waals surface area contributed by atoms with E-state index < -0.39 is 6.04 Å². The number of carbonyl (C=O) groups is 2. The molecule has 1 aliphatic rings. The second kappa shape index (κ2) is 7.26. The lowest BCUT2D eigenvalue weighted by molar-refractivity contribution is -0.134. The Morgan fingerprint density at radius 1 is 1.57 bits per heavy atom. The molecule has 1 aliphatic heterocycles. The molecule has 1 fully saturated rings. The zero-order chi connectivity index (χ0) is 15.2. The lowest BCUT2D eigenvalue weighted by atomic mass is 10.1. The largest absolute Gasteiger partial charge is 0.459 e. The number of carbonyl (C=O) groups excluding carboxylic acids is 2. The molecule has 0 saturated carbocycles. The van der Waals surface area contributed by atoms with Crippen LogP contribution in [0.15, 0.2) is 22.8 Å². The van der Waals surface area contributed by atoms with Gasteiger partial charge in [-0.15, -0.1) is 0 Å². The van der Waals surface area contributed by atoms with Gasteiger partial charge < -0.3 is 20.0 Å². The number of rotatable bonds is 6. The molecule has 0 spiro atoms. The van der Waals surface area contributed by atoms with Gasteiger partial charge in [-0.2, -0.15) is 0 Å². The minimum Gasteiger partial charge on any atom is -0.459 e. The van der Waals surface area contributed by atoms with Crippen LogP contribution in [0.25, 0.3) is 0 Å². The van der Waals surface area contributed by atoms with E-state index in [0.29, 0.717) is 6.54 Å². The van der Waals surface area contributed by atoms with Crippen LogP contribution in [0.4, 0.5) is 0 Å². The predicted molar refractivity (Wildman–Crippen MR) is 78.9 cm³/mol. The fourth-order valence-corrected chi connectivity index (χ4v) is 2.61. The van der Waals surface area contributed by atoms with Crippen molar-refractivity contribution < 1.29 is 14.0 Å². The van der Waals surface area contributed by atoms with Crippen LogP contribution in [-0.4, -0.2) is 48.4 Å². The van der Waals surface area contributed by atoms with Crippen LogP contribution in [0.3, 0.4) is 0 Å². The van der Waals surface area contributed by atoms with E-state index in [1.54, 1.807) is 19.1 Å². The van der Waals surface area contributed by atoms with Gasteiger partial charge in [0.1, 0.15) is 6.04 Å². The maximum absolute atomic E-state index is 12.6. The minimum atomic E-state index is -0.560. The zero-order valence-corrected chi connectivity index (χ0v) is 12.6. The second-order valence-corrected chi connectivity index (χ2v) is 5.35. The van der Waals surface area contributed by atoms with E-state index in [0.717, 1.165) is 25.9 Å². The molecule has 6 heteroatoms. The van der Waals surface area contributed by atoms with Gasteiger partial charge in [-0.3, -0.25) is 9.59 Å². The summed E-state index contributed by atoms with van der Waals surface area (Å²) < 4.78 is 5.04. The Morgan fingerprint density at radius 3 is 2.95 bits per heavy atom. The summed E-state index contributed by atoms with van der Waals surface area (Å²) in [7, 11) is 0. The maximum Gasteiger partial charge on any atom is 0.287 e. The summed E-state index contributed by atoms with van der Waals surface area (Å²) in [5.41, 5.74) is 0. The number of nitrogens with zero attached hydrogens (tertiary/aromatic N) is 1. The van der Waals surface area contributed by atoms with Crippen LogP contribution in [-0.2, 0) is 4.79 Å². The Bertz CT molecular complexity index is 467. The Balaban J connectivity index is 1.97. The summed E-state index contributed by atoms with van der Waals surface area (Å²) in [5, 5.41) is 5.97. The van der Waals surface area contributed by atoms with E-state index in [2.05, 4.69) is 17.6 Å². The van der Waals surface area contributed by atoms with Crippen molar-refractivity contribution in [3.8, 4) is 0 Å². The molecule has 6 nitrogen and oxygen atoms in total. The fraction of sp³-hybridized carbons (Fsp3) is 0.600. The van der Waals surface area contributed by atoms with Gasteiger partial charge in [0.2, 0.25) is 5.91 Å². The van der Waals surface area contributed by atoms with Gasteiger partial charge in [0.15, 0.2) is 5.76 Å². The highest BCUT2D eigenvalue weighted by Gasteiger charge is 2.29. The monoisotopic (exact) mass is 293 g/mol. The maximum atomic E-state index is 12.6. The molecule has 1 aromatic rings. The minimum absolute atomic E-state index is 0.0366. The normalized spacial score (nSPS) is 19.2. The van der Waals surface area contributed by atoms with Crippen molar-refractivity contribution in [2.24, 2.45) is 0 Å². The molecule has 2 atom stereocenters. The molecule has 2 unspecified atom stereocenters. The molecule has 1 saturated heterocycles. The topological polar surface area (TPSA) is 74.6 Å². The smallest absolute Gasteiger partial charge is 0.287 e. The number of hydrogen-bond donors (Lipinski definition) is 2. The van der Waals surface area contributed by atoms with E-state index in [4.69, 9.17) is 4.42 Å². The highest BCUT2D eigenvalue weighted by molar-refractivity contribution is 5.95. The van der Waals surface area contributed by atoms with Gasteiger partial charge in [0.25, 0.3) is 5.91 Å². The second-order valence-electron chi connectivity index (χ2n) is 5.35. The molecule has 2 heterocycles. The summed E-state index contributed by atoms with van der Waals surface area (Å²) >= 11 is 0. The third kappa shape index (κ3) is 3.85. The number of amides is 2. The summed E-state index contributed by atoms with van der Waals surface area (Å²) in [6, 6.07) is 2.89. The Hall–Kier alpha value is -1.82. The fourth-order valence-electron chi connectivity index (χ4n) is 2.61. The summed E-state index contributed by atoms with van der Waals surface area (Å²) in [6.45, 7) is 6.24. The summed E-state index contributed by atoms with van der Waals surface area (Å²) in [6.07, 6.45) is 3.31. The molecule has 21 heavy (non-hydrogen) atoms. The molecule has 0 bridgehead atoms. The average Bonchev–Trinajstić information content (AvgIpc) is 3.16. The Morgan fingerprint density at radius 2 is 2.38 bits per heavy atom. The van der Waals surface area contributed by atoms with E-state index >= 15 is 0 Å².